The first-order valence-electron chi connectivity index (χ1n) is 6.00. The van der Waals surface area contributed by atoms with Crippen LogP contribution in [0.1, 0.15) is 5.56 Å². The van der Waals surface area contributed by atoms with Crippen LogP contribution in [0.15, 0.2) is 51.8 Å². The number of anilines is 1. The van der Waals surface area contributed by atoms with E-state index in [4.69, 9.17) is 10.5 Å². The van der Waals surface area contributed by atoms with E-state index in [0.29, 0.717) is 0 Å². The molecule has 0 spiro atoms. The molecule has 0 aliphatic rings. The number of hydrogen-bond donors (Lipinski definition) is 1. The third-order valence-electron chi connectivity index (χ3n) is 2.78. The maximum absolute atomic E-state index is 5.95. The van der Waals surface area contributed by atoms with E-state index >= 15 is 0 Å². The van der Waals surface area contributed by atoms with Crippen LogP contribution in [0.2, 0.25) is 0 Å². The number of benzene rings is 2. The minimum Gasteiger partial charge on any atom is -0.497 e. The van der Waals surface area contributed by atoms with E-state index in [1.54, 1.807) is 18.9 Å². The van der Waals surface area contributed by atoms with Gasteiger partial charge in [0.2, 0.25) is 0 Å². The third kappa shape index (κ3) is 4.18. The first-order valence-corrected chi connectivity index (χ1v) is 7.77. The molecule has 19 heavy (non-hydrogen) atoms. The standard InChI is InChI=1S/C15H16BrNOS/c1-18-13-5-2-11(3-6-13)8-9-19-15-10-12(16)4-7-14(15)17/h2-7,10H,8-9,17H2,1H3. The minimum absolute atomic E-state index is 0.836. The van der Waals surface area contributed by atoms with Crippen molar-refractivity contribution in [1.29, 1.82) is 0 Å². The zero-order valence-corrected chi connectivity index (χ0v) is 13.1. The fourth-order valence-corrected chi connectivity index (χ4v) is 3.22. The molecule has 0 saturated carbocycles. The van der Waals surface area contributed by atoms with Gasteiger partial charge in [-0.1, -0.05) is 28.1 Å². The Labute approximate surface area is 126 Å². The zero-order chi connectivity index (χ0) is 13.7. The van der Waals surface area contributed by atoms with Crippen molar-refractivity contribution in [3.05, 3.63) is 52.5 Å². The van der Waals surface area contributed by atoms with Crippen molar-refractivity contribution in [2.24, 2.45) is 0 Å². The number of ether oxygens (including phenoxy) is 1. The Hall–Kier alpha value is -1.13. The maximum atomic E-state index is 5.95. The predicted molar refractivity (Wildman–Crippen MR) is 86.0 cm³/mol. The molecule has 2 aromatic rings. The number of nitrogens with two attached hydrogens (primary N) is 1. The molecule has 0 atom stereocenters. The predicted octanol–water partition coefficient (Wildman–Crippen LogP) is 4.37. The highest BCUT2D eigenvalue weighted by Gasteiger charge is 2.02. The van der Waals surface area contributed by atoms with Gasteiger partial charge in [0.05, 0.1) is 7.11 Å². The lowest BCUT2D eigenvalue weighted by molar-refractivity contribution is 0.414. The van der Waals surface area contributed by atoms with Gasteiger partial charge in [-0.2, -0.15) is 0 Å². The van der Waals surface area contributed by atoms with E-state index < -0.39 is 0 Å². The first kappa shape index (κ1) is 14.3. The smallest absolute Gasteiger partial charge is 0.118 e. The Morgan fingerprint density at radius 3 is 2.58 bits per heavy atom. The topological polar surface area (TPSA) is 35.2 Å². The number of aryl methyl sites for hydroxylation is 1. The van der Waals surface area contributed by atoms with Gasteiger partial charge in [-0.15, -0.1) is 11.8 Å². The summed E-state index contributed by atoms with van der Waals surface area (Å²) < 4.78 is 6.21. The lowest BCUT2D eigenvalue weighted by atomic mass is 10.2. The fraction of sp³-hybridized carbons (Fsp3) is 0.200. The Bertz CT molecular complexity index is 542. The van der Waals surface area contributed by atoms with Crippen LogP contribution in [0.25, 0.3) is 0 Å². The van der Waals surface area contributed by atoms with Gasteiger partial charge in [0.1, 0.15) is 5.75 Å². The van der Waals surface area contributed by atoms with Crippen molar-refractivity contribution in [1.82, 2.24) is 0 Å². The Morgan fingerprint density at radius 2 is 1.89 bits per heavy atom. The fourth-order valence-electron chi connectivity index (χ4n) is 1.70. The Kier molecular flexibility index (Phi) is 5.16. The molecule has 0 fully saturated rings. The number of nitrogen functional groups attached to an aromatic ring is 1. The molecular formula is C15H16BrNOS. The number of halogens is 1. The van der Waals surface area contributed by atoms with Crippen molar-refractivity contribution >= 4 is 33.4 Å². The summed E-state index contributed by atoms with van der Waals surface area (Å²) in [6, 6.07) is 14.1. The van der Waals surface area contributed by atoms with Crippen molar-refractivity contribution in [2.45, 2.75) is 11.3 Å². The monoisotopic (exact) mass is 337 g/mol. The average Bonchev–Trinajstić information content (AvgIpc) is 2.43. The van der Waals surface area contributed by atoms with Gasteiger partial charge in [0.25, 0.3) is 0 Å². The van der Waals surface area contributed by atoms with E-state index in [2.05, 4.69) is 34.1 Å². The van der Waals surface area contributed by atoms with Crippen LogP contribution < -0.4 is 10.5 Å². The van der Waals surface area contributed by atoms with Gasteiger partial charge in [-0.25, -0.2) is 0 Å². The molecule has 2 N–H and O–H groups in total. The van der Waals surface area contributed by atoms with Gasteiger partial charge in [0.15, 0.2) is 0 Å². The second-order valence-electron chi connectivity index (χ2n) is 4.13. The molecule has 0 unspecified atom stereocenters. The van der Waals surface area contributed by atoms with E-state index in [1.807, 2.05) is 24.3 Å². The summed E-state index contributed by atoms with van der Waals surface area (Å²) in [5, 5.41) is 0. The molecule has 4 heteroatoms. The second-order valence-corrected chi connectivity index (χ2v) is 6.18. The Morgan fingerprint density at radius 1 is 1.16 bits per heavy atom. The Balaban J connectivity index is 1.90. The van der Waals surface area contributed by atoms with Crippen molar-refractivity contribution in [3.8, 4) is 5.75 Å². The van der Waals surface area contributed by atoms with Gasteiger partial charge >= 0.3 is 0 Å². The first-order chi connectivity index (χ1) is 9.19. The summed E-state index contributed by atoms with van der Waals surface area (Å²) >= 11 is 5.25. The molecule has 0 bridgehead atoms. The van der Waals surface area contributed by atoms with E-state index in [0.717, 1.165) is 33.0 Å². The summed E-state index contributed by atoms with van der Waals surface area (Å²) in [6.07, 6.45) is 1.01. The molecule has 2 nitrogen and oxygen atoms in total. The van der Waals surface area contributed by atoms with Gasteiger partial charge < -0.3 is 10.5 Å². The summed E-state index contributed by atoms with van der Waals surface area (Å²) in [6.45, 7) is 0. The average molecular weight is 338 g/mol. The van der Waals surface area contributed by atoms with Gasteiger partial charge in [-0.05, 0) is 42.3 Å². The van der Waals surface area contributed by atoms with Crippen LogP contribution in [0, 0.1) is 0 Å². The quantitative estimate of drug-likeness (QED) is 0.649. The minimum atomic E-state index is 0.836. The van der Waals surface area contributed by atoms with Crippen molar-refractivity contribution in [2.75, 3.05) is 18.6 Å². The van der Waals surface area contributed by atoms with Crippen LogP contribution in [-0.4, -0.2) is 12.9 Å². The van der Waals surface area contributed by atoms with Crippen molar-refractivity contribution < 1.29 is 4.74 Å². The molecule has 0 saturated heterocycles. The number of methoxy groups -OCH3 is 1. The molecule has 2 rings (SSSR count). The zero-order valence-electron chi connectivity index (χ0n) is 10.7. The van der Waals surface area contributed by atoms with E-state index in [9.17, 15) is 0 Å². The SMILES string of the molecule is COc1ccc(CCSc2cc(Br)ccc2N)cc1. The van der Waals surface area contributed by atoms with Crippen molar-refractivity contribution in [3.63, 3.8) is 0 Å². The lowest BCUT2D eigenvalue weighted by Crippen LogP contribution is -1.92. The van der Waals surface area contributed by atoms with Crippen LogP contribution in [0.5, 0.6) is 5.75 Å². The van der Waals surface area contributed by atoms with Gasteiger partial charge in [-0.3, -0.25) is 0 Å². The number of hydrogen-bond acceptors (Lipinski definition) is 3. The highest BCUT2D eigenvalue weighted by Crippen LogP contribution is 2.28. The van der Waals surface area contributed by atoms with Crippen LogP contribution in [0.4, 0.5) is 5.69 Å². The summed E-state index contributed by atoms with van der Waals surface area (Å²) in [5.41, 5.74) is 8.09. The van der Waals surface area contributed by atoms with Crippen LogP contribution >= 0.6 is 27.7 Å². The third-order valence-corrected chi connectivity index (χ3v) is 4.35. The van der Waals surface area contributed by atoms with Crippen LogP contribution in [-0.2, 0) is 6.42 Å². The van der Waals surface area contributed by atoms with E-state index in [-0.39, 0.29) is 0 Å². The molecule has 0 heterocycles. The van der Waals surface area contributed by atoms with E-state index in [1.165, 1.54) is 5.56 Å². The lowest BCUT2D eigenvalue weighted by Gasteiger charge is -2.06. The molecule has 0 radical (unpaired) electrons. The molecular weight excluding hydrogens is 322 g/mol. The highest BCUT2D eigenvalue weighted by atomic mass is 79.9. The molecule has 2 aromatic carbocycles. The number of thioether (sulfide) groups is 1. The second kappa shape index (κ2) is 6.87. The maximum Gasteiger partial charge on any atom is 0.118 e. The molecule has 100 valence electrons. The normalized spacial score (nSPS) is 10.4. The summed E-state index contributed by atoms with van der Waals surface area (Å²) in [4.78, 5) is 1.13. The highest BCUT2D eigenvalue weighted by molar-refractivity contribution is 9.10. The molecule has 0 aliphatic heterocycles. The van der Waals surface area contributed by atoms with Crippen LogP contribution in [0.3, 0.4) is 0 Å². The summed E-state index contributed by atoms with van der Waals surface area (Å²) in [7, 11) is 1.68. The molecule has 0 amide bonds. The summed E-state index contributed by atoms with van der Waals surface area (Å²) in [5.74, 6) is 1.90. The van der Waals surface area contributed by atoms with Gasteiger partial charge in [0, 0.05) is 20.8 Å². The molecule has 0 aromatic heterocycles. The number of rotatable bonds is 5. The molecule has 0 aliphatic carbocycles. The largest absolute Gasteiger partial charge is 0.497 e.